The second kappa shape index (κ2) is 3.99. The highest BCUT2D eigenvalue weighted by molar-refractivity contribution is 5.40. The number of hydrogen-bond acceptors (Lipinski definition) is 7. The largest absolute Gasteiger partial charge is 0.329 e. The van der Waals surface area contributed by atoms with Crippen LogP contribution in [0.1, 0.15) is 0 Å². The van der Waals surface area contributed by atoms with E-state index in [1.807, 2.05) is 0 Å². The fourth-order valence-electron chi connectivity index (χ4n) is 0.834. The molecule has 1 aromatic carbocycles. The zero-order valence-corrected chi connectivity index (χ0v) is 7.36. The summed E-state index contributed by atoms with van der Waals surface area (Å²) >= 11 is 0. The highest BCUT2D eigenvalue weighted by Gasteiger charge is 2.24. The van der Waals surface area contributed by atoms with Gasteiger partial charge in [0.05, 0.1) is 14.2 Å². The fourth-order valence-corrected chi connectivity index (χ4v) is 0.834. The Morgan fingerprint density at radius 1 is 0.714 bits per heavy atom. The van der Waals surface area contributed by atoms with Crippen molar-refractivity contribution in [1.82, 2.24) is 0 Å². The van der Waals surface area contributed by atoms with Gasteiger partial charge in [0.1, 0.15) is 0 Å². The highest BCUT2D eigenvalue weighted by Crippen LogP contribution is 2.16. The van der Waals surface area contributed by atoms with Gasteiger partial charge in [-0.05, 0) is 0 Å². The Labute approximate surface area is 76.9 Å². The summed E-state index contributed by atoms with van der Waals surface area (Å²) in [5.74, 6) is -1.21. The van der Waals surface area contributed by atoms with Gasteiger partial charge in [0, 0.05) is 0 Å². The molecule has 0 saturated heterocycles. The van der Waals surface area contributed by atoms with Gasteiger partial charge in [-0.25, -0.2) is 0 Å². The van der Waals surface area contributed by atoms with Crippen LogP contribution in [0.2, 0.25) is 0 Å². The lowest BCUT2D eigenvalue weighted by atomic mass is 10.5. The first-order valence-corrected chi connectivity index (χ1v) is 3.42. The monoisotopic (exact) mass is 202 g/mol. The summed E-state index contributed by atoms with van der Waals surface area (Å²) in [5, 5.41) is 0. The van der Waals surface area contributed by atoms with Crippen LogP contribution >= 0.6 is 0 Å². The normalized spacial score (nSPS) is 10.1. The molecule has 14 heavy (non-hydrogen) atoms. The Morgan fingerprint density at radius 3 is 1.36 bits per heavy atom. The van der Waals surface area contributed by atoms with Gasteiger partial charge >= 0.3 is 0 Å². The van der Waals surface area contributed by atoms with Crippen LogP contribution in [0.4, 0.5) is 0 Å². The molecule has 0 amide bonds. The summed E-state index contributed by atoms with van der Waals surface area (Å²) in [6.07, 6.45) is 0. The SMILES string of the molecule is COOc1c(OOC)c(=O)c(=O)c1=O. The molecule has 0 aliphatic carbocycles. The Morgan fingerprint density at radius 2 is 1.07 bits per heavy atom. The standard InChI is InChI=1S/C7H6O7/c1-11-13-6-4(9)3(8)5(10)7(6)14-12-2/h1-2H3. The van der Waals surface area contributed by atoms with Crippen molar-refractivity contribution in [3.63, 3.8) is 0 Å². The van der Waals surface area contributed by atoms with Gasteiger partial charge in [-0.3, -0.25) is 14.4 Å². The summed E-state index contributed by atoms with van der Waals surface area (Å²) in [4.78, 5) is 49.8. The van der Waals surface area contributed by atoms with Crippen LogP contribution in [0.25, 0.3) is 0 Å². The van der Waals surface area contributed by atoms with E-state index in [1.165, 1.54) is 0 Å². The zero-order chi connectivity index (χ0) is 10.7. The van der Waals surface area contributed by atoms with Crippen molar-refractivity contribution in [2.24, 2.45) is 0 Å². The van der Waals surface area contributed by atoms with Crippen molar-refractivity contribution in [3.8, 4) is 11.5 Å². The third-order valence-corrected chi connectivity index (χ3v) is 1.36. The Balaban J connectivity index is 3.38. The molecule has 0 aliphatic heterocycles. The molecule has 7 nitrogen and oxygen atoms in total. The maximum Gasteiger partial charge on any atom is 0.281 e. The lowest BCUT2D eigenvalue weighted by molar-refractivity contribution is -0.202. The van der Waals surface area contributed by atoms with E-state index >= 15 is 0 Å². The summed E-state index contributed by atoms with van der Waals surface area (Å²) < 4.78 is 0. The molecule has 1 rings (SSSR count). The molecule has 0 atom stereocenters. The summed E-state index contributed by atoms with van der Waals surface area (Å²) in [7, 11) is 2.22. The van der Waals surface area contributed by atoms with Crippen LogP contribution in [0.3, 0.4) is 0 Å². The molecule has 0 fully saturated rings. The van der Waals surface area contributed by atoms with Crippen LogP contribution in [-0.2, 0) is 9.78 Å². The fraction of sp³-hybridized carbons (Fsp3) is 0.286. The Kier molecular flexibility index (Phi) is 2.95. The van der Waals surface area contributed by atoms with Crippen molar-refractivity contribution in [2.75, 3.05) is 14.2 Å². The second-order valence-electron chi connectivity index (χ2n) is 2.15. The van der Waals surface area contributed by atoms with Crippen molar-refractivity contribution in [2.45, 2.75) is 0 Å². The summed E-state index contributed by atoms with van der Waals surface area (Å²) in [6, 6.07) is 0. The van der Waals surface area contributed by atoms with E-state index < -0.39 is 27.8 Å². The molecule has 0 unspecified atom stereocenters. The van der Waals surface area contributed by atoms with Crippen molar-refractivity contribution in [1.29, 1.82) is 0 Å². The van der Waals surface area contributed by atoms with E-state index in [9.17, 15) is 14.4 Å². The lowest BCUT2D eigenvalue weighted by Crippen LogP contribution is -2.30. The van der Waals surface area contributed by atoms with Crippen LogP contribution in [-0.4, -0.2) is 14.2 Å². The molecule has 0 N–H and O–H groups in total. The van der Waals surface area contributed by atoms with E-state index in [-0.39, 0.29) is 0 Å². The first kappa shape index (κ1) is 10.4. The van der Waals surface area contributed by atoms with Gasteiger partial charge in [0.15, 0.2) is 0 Å². The van der Waals surface area contributed by atoms with Gasteiger partial charge in [-0.15, -0.1) is 0 Å². The molecule has 1 aromatic rings. The molecule has 0 aromatic heterocycles. The molecule has 76 valence electrons. The molecule has 0 radical (unpaired) electrons. The molecular weight excluding hydrogens is 196 g/mol. The van der Waals surface area contributed by atoms with Crippen LogP contribution in [0, 0.1) is 0 Å². The molecule has 0 spiro atoms. The minimum absolute atomic E-state index is 0.607. The van der Waals surface area contributed by atoms with Crippen LogP contribution in [0.5, 0.6) is 11.5 Å². The smallest absolute Gasteiger partial charge is 0.281 e. The summed E-state index contributed by atoms with van der Waals surface area (Å²) in [6.45, 7) is 0. The molecule has 0 aliphatic rings. The van der Waals surface area contributed by atoms with Crippen LogP contribution < -0.4 is 26.1 Å². The topological polar surface area (TPSA) is 88.1 Å². The maximum absolute atomic E-state index is 11.0. The third-order valence-electron chi connectivity index (χ3n) is 1.36. The predicted octanol–water partition coefficient (Wildman–Crippen LogP) is -1.48. The van der Waals surface area contributed by atoms with Crippen molar-refractivity contribution in [3.05, 3.63) is 30.7 Å². The average molecular weight is 202 g/mol. The minimum Gasteiger partial charge on any atom is -0.329 e. The molecule has 0 heterocycles. The maximum atomic E-state index is 11.0. The average Bonchev–Trinajstić information content (AvgIpc) is 2.36. The minimum atomic E-state index is -1.25. The zero-order valence-electron chi connectivity index (χ0n) is 7.36. The number of hydrogen-bond donors (Lipinski definition) is 0. The quantitative estimate of drug-likeness (QED) is 0.334. The van der Waals surface area contributed by atoms with Crippen molar-refractivity contribution < 1.29 is 19.6 Å². The molecule has 7 heteroatoms. The highest BCUT2D eigenvalue weighted by atomic mass is 17.2. The van der Waals surface area contributed by atoms with E-state index in [4.69, 9.17) is 0 Å². The van der Waals surface area contributed by atoms with E-state index in [0.717, 1.165) is 14.2 Å². The van der Waals surface area contributed by atoms with E-state index in [2.05, 4.69) is 19.6 Å². The van der Waals surface area contributed by atoms with Gasteiger partial charge in [-0.1, -0.05) is 0 Å². The van der Waals surface area contributed by atoms with E-state index in [0.29, 0.717) is 0 Å². The summed E-state index contributed by atoms with van der Waals surface area (Å²) in [5.41, 5.74) is -3.49. The second-order valence-corrected chi connectivity index (χ2v) is 2.15. The molecule has 0 bridgehead atoms. The lowest BCUT2D eigenvalue weighted by Gasteiger charge is -1.99. The van der Waals surface area contributed by atoms with Gasteiger partial charge in [0.2, 0.25) is 0 Å². The van der Waals surface area contributed by atoms with Gasteiger partial charge < -0.3 is 9.78 Å². The van der Waals surface area contributed by atoms with Crippen molar-refractivity contribution >= 4 is 0 Å². The van der Waals surface area contributed by atoms with Gasteiger partial charge in [0.25, 0.3) is 27.8 Å². The van der Waals surface area contributed by atoms with Gasteiger partial charge in [-0.2, -0.15) is 9.78 Å². The number of rotatable bonds is 4. The first-order valence-electron chi connectivity index (χ1n) is 3.42. The third kappa shape index (κ3) is 1.50. The Bertz CT molecular complexity index is 413. The molecular formula is C7H6O7. The van der Waals surface area contributed by atoms with E-state index in [1.54, 1.807) is 0 Å². The first-order chi connectivity index (χ1) is 6.63. The molecule has 0 saturated carbocycles. The van der Waals surface area contributed by atoms with Crippen LogP contribution in [0.15, 0.2) is 14.4 Å². The predicted molar refractivity (Wildman–Crippen MR) is 42.9 cm³/mol. The Hall–Kier alpha value is -1.73.